The van der Waals surface area contributed by atoms with E-state index in [0.29, 0.717) is 0 Å². The first-order valence-electron chi connectivity index (χ1n) is 8.71. The number of hydrogen-bond acceptors (Lipinski definition) is 3. The van der Waals surface area contributed by atoms with E-state index in [9.17, 15) is 5.11 Å². The minimum atomic E-state index is -0.263. The number of aryl methyl sites for hydroxylation is 1. The Kier molecular flexibility index (Phi) is 8.05. The molecule has 6 heteroatoms. The molecular weight excluding hydrogens is 294 g/mol. The summed E-state index contributed by atoms with van der Waals surface area (Å²) in [7, 11) is 3.82. The lowest BCUT2D eigenvalue weighted by atomic mass is 10.2. The molecule has 1 fully saturated rings. The molecule has 1 unspecified atom stereocenters. The normalized spacial score (nSPS) is 18.9. The van der Waals surface area contributed by atoms with E-state index in [4.69, 9.17) is 9.47 Å². The molecule has 2 atom stereocenters. The Morgan fingerprint density at radius 1 is 1.43 bits per heavy atom. The van der Waals surface area contributed by atoms with Crippen molar-refractivity contribution in [3.05, 3.63) is 24.0 Å². The molecule has 0 aliphatic carbocycles. The molecule has 0 spiro atoms. The SMILES string of the molecule is COCCC[NH+](Cc1cccn1C)C[C@H](O)C[NH+]1CCOCC1. The van der Waals surface area contributed by atoms with Crippen LogP contribution in [0.15, 0.2) is 18.3 Å². The van der Waals surface area contributed by atoms with E-state index in [0.717, 1.165) is 65.5 Å². The number of morpholine rings is 1. The lowest BCUT2D eigenvalue weighted by Crippen LogP contribution is -3.17. The van der Waals surface area contributed by atoms with E-state index in [1.165, 1.54) is 15.5 Å². The van der Waals surface area contributed by atoms with Gasteiger partial charge in [0.2, 0.25) is 0 Å². The van der Waals surface area contributed by atoms with Crippen LogP contribution in [0.1, 0.15) is 12.1 Å². The molecule has 1 aromatic rings. The van der Waals surface area contributed by atoms with Gasteiger partial charge in [0, 0.05) is 26.8 Å². The van der Waals surface area contributed by atoms with Gasteiger partial charge in [0.15, 0.2) is 6.10 Å². The first-order chi connectivity index (χ1) is 11.2. The standard InChI is InChI=1S/C17H31N3O3/c1-18-6-3-5-16(18)13-20(7-4-10-22-2)15-17(21)14-19-8-11-23-12-9-19/h3,5-6,17,21H,4,7-15H2,1-2H3/p+2/t17-/m1/s1. The number of nitrogens with one attached hydrogen (secondary N) is 2. The molecule has 0 radical (unpaired) electrons. The van der Waals surface area contributed by atoms with Gasteiger partial charge in [-0.1, -0.05) is 0 Å². The number of aromatic nitrogens is 1. The quantitative estimate of drug-likeness (QED) is 0.425. The summed E-state index contributed by atoms with van der Waals surface area (Å²) in [6, 6.07) is 4.24. The van der Waals surface area contributed by atoms with Crippen LogP contribution in [-0.2, 0) is 23.1 Å². The molecule has 0 amide bonds. The third-order valence-corrected chi connectivity index (χ3v) is 4.61. The van der Waals surface area contributed by atoms with E-state index in [2.05, 4.69) is 29.9 Å². The molecule has 23 heavy (non-hydrogen) atoms. The second-order valence-electron chi connectivity index (χ2n) is 6.56. The average Bonchev–Trinajstić information content (AvgIpc) is 2.93. The van der Waals surface area contributed by atoms with Crippen LogP contribution in [0.25, 0.3) is 0 Å². The van der Waals surface area contributed by atoms with E-state index < -0.39 is 0 Å². The Bertz CT molecular complexity index is 432. The average molecular weight is 327 g/mol. The molecule has 0 aromatic carbocycles. The van der Waals surface area contributed by atoms with Gasteiger partial charge in [0.25, 0.3) is 0 Å². The largest absolute Gasteiger partial charge is 0.384 e. The van der Waals surface area contributed by atoms with Crippen LogP contribution in [0.5, 0.6) is 0 Å². The summed E-state index contributed by atoms with van der Waals surface area (Å²) in [6.45, 7) is 8.01. The maximum absolute atomic E-state index is 10.5. The minimum Gasteiger partial charge on any atom is -0.384 e. The van der Waals surface area contributed by atoms with E-state index in [1.54, 1.807) is 7.11 Å². The van der Waals surface area contributed by atoms with Gasteiger partial charge in [0.05, 0.1) is 32.1 Å². The molecule has 0 saturated carbocycles. The van der Waals surface area contributed by atoms with E-state index >= 15 is 0 Å². The Hall–Kier alpha value is -0.920. The first kappa shape index (κ1) is 18.4. The zero-order chi connectivity index (χ0) is 16.5. The molecule has 1 aliphatic heterocycles. The van der Waals surface area contributed by atoms with Gasteiger partial charge in [-0.25, -0.2) is 0 Å². The fourth-order valence-electron chi connectivity index (χ4n) is 3.27. The number of hydrogen-bond donors (Lipinski definition) is 3. The third-order valence-electron chi connectivity index (χ3n) is 4.61. The monoisotopic (exact) mass is 327 g/mol. The van der Waals surface area contributed by atoms with Crippen molar-refractivity contribution in [3.8, 4) is 0 Å². The van der Waals surface area contributed by atoms with Crippen molar-refractivity contribution in [2.45, 2.75) is 19.1 Å². The Morgan fingerprint density at radius 2 is 2.22 bits per heavy atom. The zero-order valence-electron chi connectivity index (χ0n) is 14.6. The highest BCUT2D eigenvalue weighted by Crippen LogP contribution is 1.96. The molecular formula is C17H33N3O3+2. The molecule has 2 heterocycles. The Labute approximate surface area is 139 Å². The second-order valence-corrected chi connectivity index (χ2v) is 6.56. The molecule has 3 N–H and O–H groups in total. The van der Waals surface area contributed by atoms with Crippen LogP contribution < -0.4 is 9.80 Å². The molecule has 1 aromatic heterocycles. The fraction of sp³-hybridized carbons (Fsp3) is 0.765. The van der Waals surface area contributed by atoms with Gasteiger partial charge >= 0.3 is 0 Å². The second kappa shape index (κ2) is 10.1. The Morgan fingerprint density at radius 3 is 2.87 bits per heavy atom. The number of methoxy groups -OCH3 is 1. The maximum Gasteiger partial charge on any atom is 0.152 e. The van der Waals surface area contributed by atoms with Crippen LogP contribution in [0.4, 0.5) is 0 Å². The lowest BCUT2D eigenvalue weighted by molar-refractivity contribution is -0.935. The summed E-state index contributed by atoms with van der Waals surface area (Å²) in [6.07, 6.45) is 2.84. The predicted octanol–water partition coefficient (Wildman–Crippen LogP) is -2.28. The van der Waals surface area contributed by atoms with Crippen LogP contribution in [0.3, 0.4) is 0 Å². The topological polar surface area (TPSA) is 52.5 Å². The number of nitrogens with zero attached hydrogens (tertiary/aromatic N) is 1. The maximum atomic E-state index is 10.5. The van der Waals surface area contributed by atoms with Gasteiger partial charge in [-0.15, -0.1) is 0 Å². The van der Waals surface area contributed by atoms with Gasteiger partial charge in [0.1, 0.15) is 32.7 Å². The van der Waals surface area contributed by atoms with Crippen molar-refractivity contribution in [1.29, 1.82) is 0 Å². The first-order valence-corrected chi connectivity index (χ1v) is 8.71. The molecule has 1 aliphatic rings. The number of ether oxygens (including phenoxy) is 2. The summed E-state index contributed by atoms with van der Waals surface area (Å²) >= 11 is 0. The van der Waals surface area contributed by atoms with Crippen LogP contribution in [0, 0.1) is 0 Å². The molecule has 6 nitrogen and oxygen atoms in total. The van der Waals surface area contributed by atoms with Gasteiger partial charge < -0.3 is 28.9 Å². The smallest absolute Gasteiger partial charge is 0.152 e. The molecule has 1 saturated heterocycles. The molecule has 132 valence electrons. The van der Waals surface area contributed by atoms with Crippen molar-refractivity contribution in [2.75, 3.05) is 59.7 Å². The van der Waals surface area contributed by atoms with Crippen molar-refractivity contribution in [2.24, 2.45) is 7.05 Å². The molecule has 0 bridgehead atoms. The van der Waals surface area contributed by atoms with E-state index in [1.807, 2.05) is 0 Å². The summed E-state index contributed by atoms with van der Waals surface area (Å²) in [5, 5.41) is 10.5. The third kappa shape index (κ3) is 6.61. The summed E-state index contributed by atoms with van der Waals surface area (Å²) < 4.78 is 12.7. The fourth-order valence-corrected chi connectivity index (χ4v) is 3.27. The minimum absolute atomic E-state index is 0.263. The van der Waals surface area contributed by atoms with E-state index in [-0.39, 0.29) is 6.10 Å². The lowest BCUT2D eigenvalue weighted by Gasteiger charge is -2.27. The van der Waals surface area contributed by atoms with Crippen LogP contribution >= 0.6 is 0 Å². The zero-order valence-corrected chi connectivity index (χ0v) is 14.6. The van der Waals surface area contributed by atoms with Crippen molar-refractivity contribution < 1.29 is 24.4 Å². The summed E-state index contributed by atoms with van der Waals surface area (Å²) in [5.41, 5.74) is 1.31. The number of quaternary nitrogens is 2. The number of aliphatic hydroxyl groups is 1. The predicted molar refractivity (Wildman–Crippen MR) is 88.7 cm³/mol. The van der Waals surface area contributed by atoms with Gasteiger partial charge in [-0.2, -0.15) is 0 Å². The highest BCUT2D eigenvalue weighted by atomic mass is 16.5. The van der Waals surface area contributed by atoms with Crippen molar-refractivity contribution in [3.63, 3.8) is 0 Å². The number of rotatable bonds is 10. The highest BCUT2D eigenvalue weighted by molar-refractivity contribution is 5.04. The van der Waals surface area contributed by atoms with Crippen molar-refractivity contribution >= 4 is 0 Å². The van der Waals surface area contributed by atoms with Crippen LogP contribution in [-0.4, -0.2) is 75.4 Å². The Balaban J connectivity index is 1.83. The van der Waals surface area contributed by atoms with Crippen molar-refractivity contribution in [1.82, 2.24) is 4.57 Å². The summed E-state index contributed by atoms with van der Waals surface area (Å²) in [4.78, 5) is 2.88. The van der Waals surface area contributed by atoms with Gasteiger partial charge in [-0.3, -0.25) is 0 Å². The number of aliphatic hydroxyl groups excluding tert-OH is 1. The summed E-state index contributed by atoms with van der Waals surface area (Å²) in [5.74, 6) is 0. The van der Waals surface area contributed by atoms with Crippen LogP contribution in [0.2, 0.25) is 0 Å². The molecule has 2 rings (SSSR count). The van der Waals surface area contributed by atoms with Gasteiger partial charge in [-0.05, 0) is 12.1 Å². The highest BCUT2D eigenvalue weighted by Gasteiger charge is 2.22.